The number of sulfonamides is 1. The summed E-state index contributed by atoms with van der Waals surface area (Å²) in [4.78, 5) is 8.42. The van der Waals surface area contributed by atoms with Crippen LogP contribution in [-0.2, 0) is 24.2 Å². The molecule has 1 fully saturated rings. The molecule has 2 aromatic rings. The number of rotatable bonds is 12. The van der Waals surface area contributed by atoms with Crippen molar-refractivity contribution in [3.63, 3.8) is 0 Å². The van der Waals surface area contributed by atoms with Crippen LogP contribution in [0.5, 0.6) is 5.88 Å². The predicted octanol–water partition coefficient (Wildman–Crippen LogP) is 2.08. The highest BCUT2D eigenvalue weighted by Gasteiger charge is 2.35. The molecule has 190 valence electrons. The van der Waals surface area contributed by atoms with E-state index in [9.17, 15) is 8.42 Å². The quantitative estimate of drug-likeness (QED) is 0.462. The zero-order chi connectivity index (χ0) is 24.9. The molecular formula is C21H34N6O6S. The Morgan fingerprint density at radius 3 is 2.35 bits per heavy atom. The number of hydrogen-bond donors (Lipinski definition) is 1. The molecule has 0 amide bonds. The Hall–Kier alpha value is -2.35. The van der Waals surface area contributed by atoms with E-state index in [0.29, 0.717) is 17.4 Å². The maximum Gasteiger partial charge on any atom is 0.238 e. The molecule has 3 rings (SSSR count). The van der Waals surface area contributed by atoms with Gasteiger partial charge in [-0.15, -0.1) is 10.2 Å². The van der Waals surface area contributed by atoms with E-state index in [1.807, 2.05) is 6.92 Å². The second kappa shape index (κ2) is 11.4. The van der Waals surface area contributed by atoms with Crippen LogP contribution in [0, 0.1) is 0 Å². The number of ether oxygens (including phenoxy) is 4. The van der Waals surface area contributed by atoms with Crippen LogP contribution in [0.25, 0.3) is 0 Å². The lowest BCUT2D eigenvalue weighted by atomic mass is 10.1. The molecule has 3 heterocycles. The average Bonchev–Trinajstić information content (AvgIpc) is 3.43. The molecule has 2 aromatic heterocycles. The SMILES string of the molecule is COCC(COC)n1c(NS(=O)(=O)C(C)C(C)c2cnc(OC)cn2)nnc1[C@@H]1CC[C@H](C)O1. The molecule has 34 heavy (non-hydrogen) atoms. The van der Waals surface area contributed by atoms with Crippen LogP contribution in [0.1, 0.15) is 63.2 Å². The van der Waals surface area contributed by atoms with Crippen molar-refractivity contribution in [1.82, 2.24) is 24.7 Å². The monoisotopic (exact) mass is 498 g/mol. The molecule has 4 atom stereocenters. The minimum absolute atomic E-state index is 0.0880. The molecule has 12 nitrogen and oxygen atoms in total. The van der Waals surface area contributed by atoms with Gasteiger partial charge >= 0.3 is 0 Å². The highest BCUT2D eigenvalue weighted by atomic mass is 32.2. The van der Waals surface area contributed by atoms with E-state index in [1.165, 1.54) is 19.5 Å². The summed E-state index contributed by atoms with van der Waals surface area (Å²) >= 11 is 0. The molecular weight excluding hydrogens is 464 g/mol. The average molecular weight is 499 g/mol. The van der Waals surface area contributed by atoms with Crippen molar-refractivity contribution in [3.8, 4) is 5.88 Å². The second-order valence-electron chi connectivity index (χ2n) is 8.45. The molecule has 0 spiro atoms. The summed E-state index contributed by atoms with van der Waals surface area (Å²) in [5.74, 6) is 0.551. The first-order valence-corrected chi connectivity index (χ1v) is 12.7. The van der Waals surface area contributed by atoms with Gasteiger partial charge in [0.25, 0.3) is 0 Å². The van der Waals surface area contributed by atoms with Crippen LogP contribution in [0.15, 0.2) is 12.4 Å². The fourth-order valence-corrected chi connectivity index (χ4v) is 5.18. The standard InChI is InChI=1S/C21H34N6O6S/c1-13-7-8-18(33-13)20-24-25-21(27(20)16(11-30-4)12-31-5)26-34(28,29)15(3)14(2)17-9-23-19(32-6)10-22-17/h9-10,13-16,18H,7-8,11-12H2,1-6H3,(H,25,26)/t13-,14?,15?,18-/m0/s1. The Balaban J connectivity index is 1.90. The van der Waals surface area contributed by atoms with Gasteiger partial charge in [-0.1, -0.05) is 6.92 Å². The van der Waals surface area contributed by atoms with Gasteiger partial charge in [0.2, 0.25) is 21.9 Å². The van der Waals surface area contributed by atoms with Gasteiger partial charge in [-0.3, -0.25) is 14.3 Å². The van der Waals surface area contributed by atoms with E-state index in [4.69, 9.17) is 18.9 Å². The maximum absolute atomic E-state index is 13.4. The van der Waals surface area contributed by atoms with E-state index >= 15 is 0 Å². The Bertz CT molecular complexity index is 1020. The summed E-state index contributed by atoms with van der Waals surface area (Å²) in [6.45, 7) is 5.96. The predicted molar refractivity (Wildman–Crippen MR) is 124 cm³/mol. The van der Waals surface area contributed by atoms with Gasteiger partial charge in [0, 0.05) is 20.1 Å². The molecule has 0 aromatic carbocycles. The highest BCUT2D eigenvalue weighted by Crippen LogP contribution is 2.35. The molecule has 0 saturated carbocycles. The topological polar surface area (TPSA) is 140 Å². The van der Waals surface area contributed by atoms with Gasteiger partial charge in [-0.05, 0) is 26.7 Å². The summed E-state index contributed by atoms with van der Waals surface area (Å²) < 4.78 is 52.8. The lowest BCUT2D eigenvalue weighted by Crippen LogP contribution is -2.32. The first-order chi connectivity index (χ1) is 16.2. The van der Waals surface area contributed by atoms with E-state index in [1.54, 1.807) is 32.6 Å². The number of hydrogen-bond acceptors (Lipinski definition) is 10. The van der Waals surface area contributed by atoms with Crippen LogP contribution >= 0.6 is 0 Å². The number of anilines is 1. The summed E-state index contributed by atoms with van der Waals surface area (Å²) in [5, 5.41) is 7.64. The Morgan fingerprint density at radius 2 is 1.82 bits per heavy atom. The molecule has 1 aliphatic rings. The van der Waals surface area contributed by atoms with Crippen molar-refractivity contribution in [3.05, 3.63) is 23.9 Å². The molecule has 0 radical (unpaired) electrons. The van der Waals surface area contributed by atoms with Crippen LogP contribution in [0.4, 0.5) is 5.95 Å². The molecule has 1 saturated heterocycles. The van der Waals surface area contributed by atoms with E-state index in [-0.39, 0.29) is 37.4 Å². The van der Waals surface area contributed by atoms with Gasteiger partial charge in [0.1, 0.15) is 6.10 Å². The van der Waals surface area contributed by atoms with Gasteiger partial charge in [0.05, 0.1) is 55.8 Å². The van der Waals surface area contributed by atoms with Gasteiger partial charge in [-0.2, -0.15) is 0 Å². The molecule has 0 bridgehead atoms. The molecule has 13 heteroatoms. The third-order valence-electron chi connectivity index (χ3n) is 6.08. The minimum Gasteiger partial charge on any atom is -0.480 e. The number of methoxy groups -OCH3 is 3. The van der Waals surface area contributed by atoms with Crippen LogP contribution < -0.4 is 9.46 Å². The smallest absolute Gasteiger partial charge is 0.238 e. The number of nitrogens with one attached hydrogen (secondary N) is 1. The van der Waals surface area contributed by atoms with E-state index < -0.39 is 21.2 Å². The molecule has 0 aliphatic carbocycles. The van der Waals surface area contributed by atoms with Gasteiger partial charge < -0.3 is 18.9 Å². The van der Waals surface area contributed by atoms with Gasteiger partial charge in [0.15, 0.2) is 5.82 Å². The van der Waals surface area contributed by atoms with E-state index in [2.05, 4.69) is 24.9 Å². The zero-order valence-corrected chi connectivity index (χ0v) is 21.3. The first kappa shape index (κ1) is 26.3. The zero-order valence-electron chi connectivity index (χ0n) is 20.5. The third-order valence-corrected chi connectivity index (χ3v) is 7.93. The van der Waals surface area contributed by atoms with Crippen LogP contribution in [0.2, 0.25) is 0 Å². The first-order valence-electron chi connectivity index (χ1n) is 11.2. The Labute approximate surface area is 200 Å². The second-order valence-corrected chi connectivity index (χ2v) is 10.5. The normalized spacial score (nSPS) is 20.4. The molecule has 2 unspecified atom stereocenters. The number of nitrogens with zero attached hydrogens (tertiary/aromatic N) is 5. The summed E-state index contributed by atoms with van der Waals surface area (Å²) in [6, 6.07) is -0.350. The summed E-state index contributed by atoms with van der Waals surface area (Å²) in [7, 11) is 0.762. The van der Waals surface area contributed by atoms with Crippen molar-refractivity contribution in [2.45, 2.75) is 63.0 Å². The Morgan fingerprint density at radius 1 is 1.12 bits per heavy atom. The Kier molecular flexibility index (Phi) is 8.79. The maximum atomic E-state index is 13.4. The lowest BCUT2D eigenvalue weighted by molar-refractivity contribution is 0.0406. The molecule has 1 aliphatic heterocycles. The van der Waals surface area contributed by atoms with Crippen molar-refractivity contribution in [2.24, 2.45) is 0 Å². The highest BCUT2D eigenvalue weighted by molar-refractivity contribution is 7.93. The lowest BCUT2D eigenvalue weighted by Gasteiger charge is -2.24. The fourth-order valence-electron chi connectivity index (χ4n) is 3.92. The van der Waals surface area contributed by atoms with Crippen LogP contribution in [-0.4, -0.2) is 79.0 Å². The minimum atomic E-state index is -3.88. The van der Waals surface area contributed by atoms with Crippen molar-refractivity contribution < 1.29 is 27.4 Å². The third kappa shape index (κ3) is 5.82. The van der Waals surface area contributed by atoms with E-state index in [0.717, 1.165) is 12.8 Å². The van der Waals surface area contributed by atoms with Gasteiger partial charge in [-0.25, -0.2) is 13.4 Å². The number of aromatic nitrogens is 5. The molecule has 1 N–H and O–H groups in total. The van der Waals surface area contributed by atoms with Crippen molar-refractivity contribution in [1.29, 1.82) is 0 Å². The summed E-state index contributed by atoms with van der Waals surface area (Å²) in [5.41, 5.74) is 0.533. The van der Waals surface area contributed by atoms with Crippen molar-refractivity contribution in [2.75, 3.05) is 39.3 Å². The van der Waals surface area contributed by atoms with Crippen molar-refractivity contribution >= 4 is 16.0 Å². The fraction of sp³-hybridized carbons (Fsp3) is 0.714. The summed E-state index contributed by atoms with van der Waals surface area (Å²) in [6.07, 6.45) is 4.43. The largest absolute Gasteiger partial charge is 0.480 e. The van der Waals surface area contributed by atoms with Crippen LogP contribution in [0.3, 0.4) is 0 Å².